The summed E-state index contributed by atoms with van der Waals surface area (Å²) in [7, 11) is 0. The number of nitrogens with zero attached hydrogens (tertiary/aromatic N) is 1. The number of halogens is 1. The molecule has 0 bridgehead atoms. The number of nitro groups is 1. The van der Waals surface area contributed by atoms with Crippen molar-refractivity contribution in [3.05, 3.63) is 33.3 Å². The Kier molecular flexibility index (Phi) is 5.57. The molecule has 0 aliphatic rings. The van der Waals surface area contributed by atoms with Crippen LogP contribution < -0.4 is 5.32 Å². The molecule has 0 unspecified atom stereocenters. The van der Waals surface area contributed by atoms with Crippen LogP contribution in [0.25, 0.3) is 0 Å². The van der Waals surface area contributed by atoms with E-state index in [2.05, 4.69) is 5.32 Å². The highest BCUT2D eigenvalue weighted by Crippen LogP contribution is 2.30. The summed E-state index contributed by atoms with van der Waals surface area (Å²) >= 11 is 6.00. The van der Waals surface area contributed by atoms with Crippen LogP contribution >= 0.6 is 11.6 Å². The molecule has 0 aromatic heterocycles. The molecule has 0 saturated heterocycles. The molecule has 1 aromatic carbocycles. The zero-order valence-electron chi connectivity index (χ0n) is 11.1. The lowest BCUT2D eigenvalue weighted by molar-refractivity contribution is -0.384. The van der Waals surface area contributed by atoms with Crippen molar-refractivity contribution in [3.8, 4) is 0 Å². The van der Waals surface area contributed by atoms with Crippen LogP contribution in [0, 0.1) is 15.5 Å². The van der Waals surface area contributed by atoms with Gasteiger partial charge in [0, 0.05) is 24.1 Å². The number of rotatable bonds is 7. The minimum Gasteiger partial charge on any atom is -0.396 e. The number of anilines is 1. The second kappa shape index (κ2) is 6.73. The Balaban J connectivity index is 2.80. The molecule has 0 amide bonds. The highest BCUT2D eigenvalue weighted by Gasteiger charge is 2.25. The maximum absolute atomic E-state index is 10.6. The zero-order valence-corrected chi connectivity index (χ0v) is 11.9. The SMILES string of the molecule is CCC(CC)(CO)CNc1ccc([N+](=O)[O-])cc1Cl. The number of aliphatic hydroxyl groups is 1. The van der Waals surface area contributed by atoms with Gasteiger partial charge in [-0.05, 0) is 18.9 Å². The van der Waals surface area contributed by atoms with Crippen LogP contribution in [0.15, 0.2) is 18.2 Å². The van der Waals surface area contributed by atoms with E-state index in [1.807, 2.05) is 13.8 Å². The lowest BCUT2D eigenvalue weighted by atomic mass is 9.83. The van der Waals surface area contributed by atoms with Gasteiger partial charge in [0.2, 0.25) is 0 Å². The fourth-order valence-corrected chi connectivity index (χ4v) is 2.06. The summed E-state index contributed by atoms with van der Waals surface area (Å²) in [4.78, 5) is 10.1. The van der Waals surface area contributed by atoms with Gasteiger partial charge in [0.1, 0.15) is 0 Å². The van der Waals surface area contributed by atoms with Crippen molar-refractivity contribution in [2.24, 2.45) is 5.41 Å². The van der Waals surface area contributed by atoms with Gasteiger partial charge in [-0.15, -0.1) is 0 Å². The normalized spacial score (nSPS) is 11.4. The number of non-ortho nitro benzene ring substituents is 1. The maximum atomic E-state index is 10.6. The molecule has 0 heterocycles. The van der Waals surface area contributed by atoms with Crippen molar-refractivity contribution in [3.63, 3.8) is 0 Å². The summed E-state index contributed by atoms with van der Waals surface area (Å²) in [5.41, 5.74) is 0.424. The first-order valence-corrected chi connectivity index (χ1v) is 6.64. The highest BCUT2D eigenvalue weighted by atomic mass is 35.5. The van der Waals surface area contributed by atoms with Gasteiger partial charge in [0.15, 0.2) is 0 Å². The van der Waals surface area contributed by atoms with Gasteiger partial charge in [0.25, 0.3) is 5.69 Å². The Morgan fingerprint density at radius 1 is 1.42 bits per heavy atom. The molecule has 0 aliphatic carbocycles. The van der Waals surface area contributed by atoms with Crippen LogP contribution in [0.3, 0.4) is 0 Å². The third-order valence-electron chi connectivity index (χ3n) is 3.65. The molecule has 106 valence electrons. The number of aliphatic hydroxyl groups excluding tert-OH is 1. The van der Waals surface area contributed by atoms with Gasteiger partial charge in [-0.1, -0.05) is 25.4 Å². The first-order valence-electron chi connectivity index (χ1n) is 6.26. The second-order valence-corrected chi connectivity index (χ2v) is 5.05. The molecular weight excluding hydrogens is 268 g/mol. The van der Waals surface area contributed by atoms with Crippen molar-refractivity contribution in [2.45, 2.75) is 26.7 Å². The molecule has 0 radical (unpaired) electrons. The van der Waals surface area contributed by atoms with Crippen molar-refractivity contribution in [1.29, 1.82) is 0 Å². The zero-order chi connectivity index (χ0) is 14.5. The summed E-state index contributed by atoms with van der Waals surface area (Å²) in [5.74, 6) is 0. The first-order chi connectivity index (χ1) is 8.98. The van der Waals surface area contributed by atoms with E-state index in [1.54, 1.807) is 6.07 Å². The van der Waals surface area contributed by atoms with Gasteiger partial charge in [0.05, 0.1) is 22.2 Å². The van der Waals surface area contributed by atoms with Crippen LogP contribution in [0.4, 0.5) is 11.4 Å². The van der Waals surface area contributed by atoms with E-state index in [4.69, 9.17) is 11.6 Å². The van der Waals surface area contributed by atoms with E-state index >= 15 is 0 Å². The smallest absolute Gasteiger partial charge is 0.271 e. The van der Waals surface area contributed by atoms with Crippen molar-refractivity contribution >= 4 is 23.0 Å². The number of nitro benzene ring substituents is 1. The number of benzene rings is 1. The van der Waals surface area contributed by atoms with Gasteiger partial charge in [-0.2, -0.15) is 0 Å². The largest absolute Gasteiger partial charge is 0.396 e. The Morgan fingerprint density at radius 2 is 2.05 bits per heavy atom. The Labute approximate surface area is 117 Å². The molecular formula is C13H19ClN2O3. The molecule has 5 nitrogen and oxygen atoms in total. The molecule has 19 heavy (non-hydrogen) atoms. The van der Waals surface area contributed by atoms with Crippen molar-refractivity contribution in [2.75, 3.05) is 18.5 Å². The number of nitrogens with one attached hydrogen (secondary N) is 1. The second-order valence-electron chi connectivity index (χ2n) is 4.64. The molecule has 2 N–H and O–H groups in total. The van der Waals surface area contributed by atoms with E-state index in [-0.39, 0.29) is 17.7 Å². The molecule has 0 fully saturated rings. The monoisotopic (exact) mass is 286 g/mol. The van der Waals surface area contributed by atoms with Crippen molar-refractivity contribution < 1.29 is 10.0 Å². The van der Waals surface area contributed by atoms with E-state index in [9.17, 15) is 15.2 Å². The first kappa shape index (κ1) is 15.7. The quantitative estimate of drug-likeness (QED) is 0.594. The molecule has 0 atom stereocenters. The van der Waals surface area contributed by atoms with Gasteiger partial charge < -0.3 is 10.4 Å². The molecule has 0 saturated carbocycles. The lowest BCUT2D eigenvalue weighted by Crippen LogP contribution is -2.32. The summed E-state index contributed by atoms with van der Waals surface area (Å²) in [6.07, 6.45) is 1.69. The van der Waals surface area contributed by atoms with Crippen LogP contribution in [0.2, 0.25) is 5.02 Å². The Morgan fingerprint density at radius 3 is 2.47 bits per heavy atom. The molecule has 1 aromatic rings. The Hall–Kier alpha value is -1.33. The van der Waals surface area contributed by atoms with Crippen LogP contribution in [0.1, 0.15) is 26.7 Å². The third-order valence-corrected chi connectivity index (χ3v) is 3.97. The Bertz CT molecular complexity index is 439. The van der Waals surface area contributed by atoms with Gasteiger partial charge in [-0.25, -0.2) is 0 Å². The number of hydrogen-bond donors (Lipinski definition) is 2. The average Bonchev–Trinajstić information content (AvgIpc) is 2.42. The summed E-state index contributed by atoms with van der Waals surface area (Å²) < 4.78 is 0. The van der Waals surface area contributed by atoms with Crippen LogP contribution in [0.5, 0.6) is 0 Å². The predicted octanol–water partition coefficient (Wildman–Crippen LogP) is 3.46. The van der Waals surface area contributed by atoms with E-state index in [1.165, 1.54) is 12.1 Å². The molecule has 1 rings (SSSR count). The van der Waals surface area contributed by atoms with E-state index < -0.39 is 4.92 Å². The van der Waals surface area contributed by atoms with E-state index in [0.29, 0.717) is 17.3 Å². The molecule has 0 aliphatic heterocycles. The standard InChI is InChI=1S/C13H19ClN2O3/c1-3-13(4-2,9-17)8-15-12-6-5-10(16(18)19)7-11(12)14/h5-7,15,17H,3-4,8-9H2,1-2H3. The average molecular weight is 287 g/mol. The highest BCUT2D eigenvalue weighted by molar-refractivity contribution is 6.33. The third kappa shape index (κ3) is 3.81. The fourth-order valence-electron chi connectivity index (χ4n) is 1.82. The maximum Gasteiger partial charge on any atom is 0.271 e. The van der Waals surface area contributed by atoms with Gasteiger partial charge in [-0.3, -0.25) is 10.1 Å². The lowest BCUT2D eigenvalue weighted by Gasteiger charge is -2.30. The summed E-state index contributed by atoms with van der Waals surface area (Å²) in [5, 5.41) is 23.6. The molecule has 6 heteroatoms. The summed E-state index contributed by atoms with van der Waals surface area (Å²) in [6, 6.07) is 4.32. The van der Waals surface area contributed by atoms with E-state index in [0.717, 1.165) is 12.8 Å². The van der Waals surface area contributed by atoms with Crippen molar-refractivity contribution in [1.82, 2.24) is 0 Å². The minimum atomic E-state index is -0.480. The molecule has 0 spiro atoms. The summed E-state index contributed by atoms with van der Waals surface area (Å²) in [6.45, 7) is 4.73. The van der Waals surface area contributed by atoms with Crippen LogP contribution in [-0.2, 0) is 0 Å². The number of hydrogen-bond acceptors (Lipinski definition) is 4. The van der Waals surface area contributed by atoms with Crippen LogP contribution in [-0.4, -0.2) is 23.2 Å². The predicted molar refractivity (Wildman–Crippen MR) is 76.7 cm³/mol. The van der Waals surface area contributed by atoms with Gasteiger partial charge >= 0.3 is 0 Å². The fraction of sp³-hybridized carbons (Fsp3) is 0.538. The minimum absolute atomic E-state index is 0.0324. The topological polar surface area (TPSA) is 75.4 Å².